The minimum absolute atomic E-state index is 0.00168. The second-order valence-electron chi connectivity index (χ2n) is 3.47. The Balaban J connectivity index is 2.65. The molecule has 0 bridgehead atoms. The third-order valence-corrected chi connectivity index (χ3v) is 2.68. The van der Waals surface area contributed by atoms with Gasteiger partial charge in [0.25, 0.3) is 0 Å². The molecule has 5 heteroatoms. The zero-order valence-electron chi connectivity index (χ0n) is 9.46. The van der Waals surface area contributed by atoms with Crippen LogP contribution >= 0.6 is 11.6 Å². The number of amides is 1. The zero-order chi connectivity index (χ0) is 12.1. The van der Waals surface area contributed by atoms with Crippen LogP contribution in [0.1, 0.15) is 6.92 Å². The number of anilines is 2. The molecule has 0 spiro atoms. The Morgan fingerprint density at radius 3 is 2.81 bits per heavy atom. The van der Waals surface area contributed by atoms with Gasteiger partial charge in [-0.25, -0.2) is 0 Å². The van der Waals surface area contributed by atoms with E-state index in [0.29, 0.717) is 22.9 Å². The quantitative estimate of drug-likeness (QED) is 0.791. The molecule has 0 atom stereocenters. The maximum Gasteiger partial charge on any atom is 0.241 e. The fourth-order valence-electron chi connectivity index (χ4n) is 1.20. The first-order chi connectivity index (χ1) is 7.56. The Morgan fingerprint density at radius 2 is 2.25 bits per heavy atom. The number of nitrogen functional groups attached to an aromatic ring is 1. The van der Waals surface area contributed by atoms with E-state index in [1.165, 1.54) is 0 Å². The second kappa shape index (κ2) is 5.61. The minimum atomic E-state index is 0.00168. The minimum Gasteiger partial charge on any atom is -0.397 e. The summed E-state index contributed by atoms with van der Waals surface area (Å²) in [5, 5.41) is 3.47. The van der Waals surface area contributed by atoms with Gasteiger partial charge in [-0.2, -0.15) is 0 Å². The summed E-state index contributed by atoms with van der Waals surface area (Å²) in [6.45, 7) is 2.79. The SMILES string of the molecule is CCN(C)C(=O)CNc1c(N)cccc1Cl. The average Bonchev–Trinajstić information content (AvgIpc) is 2.27. The number of nitrogens with zero attached hydrogens (tertiary/aromatic N) is 1. The van der Waals surface area contributed by atoms with E-state index in [2.05, 4.69) is 5.32 Å². The monoisotopic (exact) mass is 241 g/mol. The van der Waals surface area contributed by atoms with Crippen molar-refractivity contribution in [1.29, 1.82) is 0 Å². The van der Waals surface area contributed by atoms with Gasteiger partial charge in [0.05, 0.1) is 22.9 Å². The number of hydrogen-bond acceptors (Lipinski definition) is 3. The molecule has 0 fully saturated rings. The van der Waals surface area contributed by atoms with Crippen LogP contribution in [0.2, 0.25) is 5.02 Å². The molecule has 1 aromatic rings. The second-order valence-corrected chi connectivity index (χ2v) is 3.87. The largest absolute Gasteiger partial charge is 0.397 e. The molecular formula is C11H16ClN3O. The summed E-state index contributed by atoms with van der Waals surface area (Å²) < 4.78 is 0. The van der Waals surface area contributed by atoms with Gasteiger partial charge in [-0.3, -0.25) is 4.79 Å². The number of nitrogens with one attached hydrogen (secondary N) is 1. The standard InChI is InChI=1S/C11H16ClN3O/c1-3-15(2)10(16)7-14-11-8(12)5-4-6-9(11)13/h4-6,14H,3,7,13H2,1-2H3. The highest BCUT2D eigenvalue weighted by Gasteiger charge is 2.09. The Hall–Kier alpha value is -1.42. The molecule has 16 heavy (non-hydrogen) atoms. The predicted octanol–water partition coefficient (Wildman–Crippen LogP) is 1.81. The average molecular weight is 242 g/mol. The van der Waals surface area contributed by atoms with Crippen LogP contribution in [0.4, 0.5) is 11.4 Å². The molecule has 1 rings (SSSR count). The van der Waals surface area contributed by atoms with E-state index < -0.39 is 0 Å². The molecule has 1 amide bonds. The smallest absolute Gasteiger partial charge is 0.241 e. The molecule has 0 aliphatic rings. The number of para-hydroxylation sites is 1. The summed E-state index contributed by atoms with van der Waals surface area (Å²) >= 11 is 5.96. The van der Waals surface area contributed by atoms with E-state index in [1.54, 1.807) is 30.1 Å². The lowest BCUT2D eigenvalue weighted by Crippen LogP contribution is -2.32. The summed E-state index contributed by atoms with van der Waals surface area (Å²) in [6.07, 6.45) is 0. The van der Waals surface area contributed by atoms with E-state index in [4.69, 9.17) is 17.3 Å². The van der Waals surface area contributed by atoms with Gasteiger partial charge in [-0.15, -0.1) is 0 Å². The maximum atomic E-state index is 11.5. The van der Waals surface area contributed by atoms with Crippen molar-refractivity contribution in [3.63, 3.8) is 0 Å². The first kappa shape index (κ1) is 12.6. The van der Waals surface area contributed by atoms with Crippen LogP contribution in [0.15, 0.2) is 18.2 Å². The lowest BCUT2D eigenvalue weighted by Gasteiger charge is -2.16. The van der Waals surface area contributed by atoms with Crippen LogP contribution in [0.3, 0.4) is 0 Å². The van der Waals surface area contributed by atoms with E-state index in [-0.39, 0.29) is 12.5 Å². The third kappa shape index (κ3) is 3.03. The first-order valence-corrected chi connectivity index (χ1v) is 5.46. The fraction of sp³-hybridized carbons (Fsp3) is 0.364. The van der Waals surface area contributed by atoms with E-state index >= 15 is 0 Å². The van der Waals surface area contributed by atoms with Crippen LogP contribution in [-0.2, 0) is 4.79 Å². The van der Waals surface area contributed by atoms with Crippen molar-refractivity contribution in [2.24, 2.45) is 0 Å². The van der Waals surface area contributed by atoms with Crippen LogP contribution in [0, 0.1) is 0 Å². The molecule has 0 saturated carbocycles. The third-order valence-electron chi connectivity index (χ3n) is 2.36. The van der Waals surface area contributed by atoms with Crippen molar-refractivity contribution in [3.05, 3.63) is 23.2 Å². The summed E-state index contributed by atoms with van der Waals surface area (Å²) in [4.78, 5) is 13.2. The van der Waals surface area contributed by atoms with Crippen molar-refractivity contribution in [3.8, 4) is 0 Å². The van der Waals surface area contributed by atoms with Crippen molar-refractivity contribution in [2.45, 2.75) is 6.92 Å². The molecule has 0 aliphatic heterocycles. The summed E-state index contributed by atoms with van der Waals surface area (Å²) in [5.74, 6) is 0.00168. The van der Waals surface area contributed by atoms with E-state index in [9.17, 15) is 4.79 Å². The number of likely N-dealkylation sites (N-methyl/N-ethyl adjacent to an activating group) is 1. The molecule has 0 heterocycles. The van der Waals surface area contributed by atoms with Crippen molar-refractivity contribution in [1.82, 2.24) is 4.90 Å². The van der Waals surface area contributed by atoms with Gasteiger partial charge >= 0.3 is 0 Å². The predicted molar refractivity (Wildman–Crippen MR) is 67.7 cm³/mol. The number of carbonyl (C=O) groups is 1. The van der Waals surface area contributed by atoms with Gasteiger partial charge in [0.2, 0.25) is 5.91 Å². The molecule has 0 aliphatic carbocycles. The highest BCUT2D eigenvalue weighted by Crippen LogP contribution is 2.27. The molecule has 0 saturated heterocycles. The molecule has 0 radical (unpaired) electrons. The van der Waals surface area contributed by atoms with Crippen molar-refractivity contribution < 1.29 is 4.79 Å². The fourth-order valence-corrected chi connectivity index (χ4v) is 1.45. The van der Waals surface area contributed by atoms with Crippen molar-refractivity contribution >= 4 is 28.9 Å². The maximum absolute atomic E-state index is 11.5. The van der Waals surface area contributed by atoms with E-state index in [1.807, 2.05) is 6.92 Å². The lowest BCUT2D eigenvalue weighted by molar-refractivity contribution is -0.127. The number of nitrogens with two attached hydrogens (primary N) is 1. The number of hydrogen-bond donors (Lipinski definition) is 2. The number of halogens is 1. The lowest BCUT2D eigenvalue weighted by atomic mass is 10.2. The summed E-state index contributed by atoms with van der Waals surface area (Å²) in [5.41, 5.74) is 6.90. The first-order valence-electron chi connectivity index (χ1n) is 5.08. The molecular weight excluding hydrogens is 226 g/mol. The Bertz CT molecular complexity index is 361. The molecule has 88 valence electrons. The number of benzene rings is 1. The van der Waals surface area contributed by atoms with Crippen LogP contribution in [0.5, 0.6) is 0 Å². The Labute approximate surface area is 100 Å². The van der Waals surface area contributed by atoms with Crippen LogP contribution < -0.4 is 11.1 Å². The normalized spacial score (nSPS) is 9.94. The zero-order valence-corrected chi connectivity index (χ0v) is 10.2. The van der Waals surface area contributed by atoms with Gasteiger partial charge in [0, 0.05) is 13.6 Å². The summed E-state index contributed by atoms with van der Waals surface area (Å²) in [6, 6.07) is 5.24. The molecule has 0 unspecified atom stereocenters. The number of rotatable bonds is 4. The summed E-state index contributed by atoms with van der Waals surface area (Å²) in [7, 11) is 1.75. The highest BCUT2D eigenvalue weighted by atomic mass is 35.5. The van der Waals surface area contributed by atoms with Crippen LogP contribution in [0.25, 0.3) is 0 Å². The molecule has 3 N–H and O–H groups in total. The van der Waals surface area contributed by atoms with Crippen LogP contribution in [-0.4, -0.2) is 30.9 Å². The van der Waals surface area contributed by atoms with Gasteiger partial charge in [0.1, 0.15) is 0 Å². The van der Waals surface area contributed by atoms with Crippen molar-refractivity contribution in [2.75, 3.05) is 31.2 Å². The molecule has 4 nitrogen and oxygen atoms in total. The molecule has 1 aromatic carbocycles. The van der Waals surface area contributed by atoms with E-state index in [0.717, 1.165) is 0 Å². The van der Waals surface area contributed by atoms with Gasteiger partial charge in [-0.1, -0.05) is 17.7 Å². The van der Waals surface area contributed by atoms with Gasteiger partial charge in [-0.05, 0) is 19.1 Å². The Kier molecular flexibility index (Phi) is 4.43. The highest BCUT2D eigenvalue weighted by molar-refractivity contribution is 6.33. The molecule has 0 aromatic heterocycles. The topological polar surface area (TPSA) is 58.4 Å². The Morgan fingerprint density at radius 1 is 1.56 bits per heavy atom. The van der Waals surface area contributed by atoms with Gasteiger partial charge < -0.3 is 16.0 Å². The number of carbonyl (C=O) groups excluding carboxylic acids is 1. The van der Waals surface area contributed by atoms with Gasteiger partial charge in [0.15, 0.2) is 0 Å².